The molecule has 112 valence electrons. The molecule has 0 radical (unpaired) electrons. The molecule has 0 saturated carbocycles. The first-order valence-corrected chi connectivity index (χ1v) is 7.48. The largest absolute Gasteiger partial charge is 0.379 e. The Morgan fingerprint density at radius 1 is 1.40 bits per heavy atom. The first-order chi connectivity index (χ1) is 9.61. The van der Waals surface area contributed by atoms with Gasteiger partial charge in [-0.3, -0.25) is 9.69 Å². The zero-order valence-corrected chi connectivity index (χ0v) is 12.8. The Morgan fingerprint density at radius 2 is 2.10 bits per heavy atom. The molecule has 2 rings (SSSR count). The number of ether oxygens (including phenoxy) is 1. The summed E-state index contributed by atoms with van der Waals surface area (Å²) in [6.07, 6.45) is 4.92. The van der Waals surface area contributed by atoms with E-state index in [9.17, 15) is 4.79 Å². The van der Waals surface area contributed by atoms with E-state index in [0.29, 0.717) is 19.6 Å². The highest BCUT2D eigenvalue weighted by molar-refractivity contribution is 5.89. The number of aromatic nitrogens is 2. The molecule has 20 heavy (non-hydrogen) atoms. The lowest BCUT2D eigenvalue weighted by molar-refractivity contribution is -0.133. The highest BCUT2D eigenvalue weighted by Gasteiger charge is 2.38. The molecule has 0 aliphatic carbocycles. The van der Waals surface area contributed by atoms with E-state index in [1.54, 1.807) is 6.20 Å². The van der Waals surface area contributed by atoms with E-state index in [2.05, 4.69) is 30.7 Å². The van der Waals surface area contributed by atoms with Gasteiger partial charge in [0, 0.05) is 32.0 Å². The van der Waals surface area contributed by atoms with Crippen LogP contribution in [0, 0.1) is 0 Å². The maximum atomic E-state index is 12.8. The molecule has 0 N–H and O–H groups in total. The Kier molecular flexibility index (Phi) is 4.94. The number of Topliss-reactive ketones (excluding diaryl/α,β-unsaturated/α-hetero) is 1. The molecule has 5 nitrogen and oxygen atoms in total. The van der Waals surface area contributed by atoms with Gasteiger partial charge in [-0.2, -0.15) is 0 Å². The summed E-state index contributed by atoms with van der Waals surface area (Å²) in [5.41, 5.74) is -0.408. The van der Waals surface area contributed by atoms with E-state index in [0.717, 1.165) is 31.9 Å². The van der Waals surface area contributed by atoms with E-state index >= 15 is 0 Å². The molecule has 1 aromatic heterocycles. The lowest BCUT2D eigenvalue weighted by Crippen LogP contribution is -2.56. The van der Waals surface area contributed by atoms with Gasteiger partial charge in [-0.15, -0.1) is 0 Å². The minimum absolute atomic E-state index is 0.253. The number of carbonyl (C=O) groups is 1. The van der Waals surface area contributed by atoms with Crippen molar-refractivity contribution in [3.05, 3.63) is 18.2 Å². The Balaban J connectivity index is 2.11. The van der Waals surface area contributed by atoms with Crippen molar-refractivity contribution in [1.29, 1.82) is 0 Å². The van der Waals surface area contributed by atoms with Gasteiger partial charge in [-0.05, 0) is 20.3 Å². The summed E-state index contributed by atoms with van der Waals surface area (Å²) >= 11 is 0. The molecule has 2 heterocycles. The fourth-order valence-electron chi connectivity index (χ4n) is 2.78. The summed E-state index contributed by atoms with van der Waals surface area (Å²) in [6, 6.07) is 0. The van der Waals surface area contributed by atoms with Crippen LogP contribution in [0.4, 0.5) is 0 Å². The van der Waals surface area contributed by atoms with Crippen LogP contribution < -0.4 is 0 Å². The van der Waals surface area contributed by atoms with Gasteiger partial charge in [-0.1, -0.05) is 6.92 Å². The molecule has 0 aromatic carbocycles. The van der Waals surface area contributed by atoms with Crippen molar-refractivity contribution in [2.75, 3.05) is 26.3 Å². The topological polar surface area (TPSA) is 47.4 Å². The molecule has 1 atom stereocenters. The molecule has 1 aliphatic rings. The number of nitrogens with zero attached hydrogens (tertiary/aromatic N) is 3. The smallest absolute Gasteiger partial charge is 0.160 e. The summed E-state index contributed by atoms with van der Waals surface area (Å²) < 4.78 is 7.43. The zero-order chi connectivity index (χ0) is 14.6. The number of aryl methyl sites for hydroxylation is 1. The van der Waals surface area contributed by atoms with E-state index < -0.39 is 5.54 Å². The van der Waals surface area contributed by atoms with Gasteiger partial charge < -0.3 is 9.30 Å². The van der Waals surface area contributed by atoms with Crippen LogP contribution in [-0.4, -0.2) is 52.1 Å². The number of ketones is 1. The molecule has 0 amide bonds. The van der Waals surface area contributed by atoms with Crippen molar-refractivity contribution in [3.8, 4) is 0 Å². The highest BCUT2D eigenvalue weighted by Crippen LogP contribution is 2.23. The molecule has 1 fully saturated rings. The second-order valence-corrected chi connectivity index (χ2v) is 5.46. The van der Waals surface area contributed by atoms with Crippen LogP contribution in [0.3, 0.4) is 0 Å². The minimum atomic E-state index is -0.408. The van der Waals surface area contributed by atoms with Gasteiger partial charge in [0.15, 0.2) is 5.78 Å². The van der Waals surface area contributed by atoms with Crippen LogP contribution in [0.5, 0.6) is 0 Å². The maximum Gasteiger partial charge on any atom is 0.160 e. The van der Waals surface area contributed by atoms with Gasteiger partial charge in [0.05, 0.1) is 25.2 Å². The normalized spacial score (nSPS) is 19.8. The van der Waals surface area contributed by atoms with Crippen LogP contribution in [0.25, 0.3) is 0 Å². The molecular formula is C15H25N3O2. The minimum Gasteiger partial charge on any atom is -0.379 e. The monoisotopic (exact) mass is 279 g/mol. The Labute approximate surface area is 120 Å². The number of morpholine rings is 1. The molecule has 1 aromatic rings. The average molecular weight is 279 g/mol. The molecular weight excluding hydrogens is 254 g/mol. The average Bonchev–Trinajstić information content (AvgIpc) is 2.94. The third kappa shape index (κ3) is 2.94. The zero-order valence-electron chi connectivity index (χ0n) is 12.8. The molecule has 1 unspecified atom stereocenters. The van der Waals surface area contributed by atoms with Gasteiger partial charge in [-0.25, -0.2) is 4.98 Å². The molecule has 1 saturated heterocycles. The van der Waals surface area contributed by atoms with Crippen LogP contribution in [-0.2, 0) is 22.5 Å². The van der Waals surface area contributed by atoms with E-state index in [4.69, 9.17) is 4.74 Å². The molecule has 0 bridgehead atoms. The van der Waals surface area contributed by atoms with Crippen LogP contribution in [0.2, 0.25) is 0 Å². The second kappa shape index (κ2) is 6.50. The second-order valence-electron chi connectivity index (χ2n) is 5.46. The first kappa shape index (κ1) is 15.2. The number of imidazole rings is 1. The van der Waals surface area contributed by atoms with Gasteiger partial charge in [0.1, 0.15) is 5.82 Å². The number of rotatable bonds is 6. The van der Waals surface area contributed by atoms with Crippen molar-refractivity contribution in [2.45, 2.75) is 45.7 Å². The van der Waals surface area contributed by atoms with Crippen molar-refractivity contribution in [2.24, 2.45) is 0 Å². The molecule has 1 aliphatic heterocycles. The van der Waals surface area contributed by atoms with Crippen LogP contribution >= 0.6 is 0 Å². The van der Waals surface area contributed by atoms with Crippen LogP contribution in [0.15, 0.2) is 12.4 Å². The fraction of sp³-hybridized carbons (Fsp3) is 0.733. The fourth-order valence-corrected chi connectivity index (χ4v) is 2.78. The lowest BCUT2D eigenvalue weighted by Gasteiger charge is -2.41. The Bertz CT molecular complexity index is 452. The molecule has 0 spiro atoms. The summed E-state index contributed by atoms with van der Waals surface area (Å²) in [4.78, 5) is 19.4. The van der Waals surface area contributed by atoms with Gasteiger partial charge in [0.2, 0.25) is 0 Å². The summed E-state index contributed by atoms with van der Waals surface area (Å²) in [5.74, 6) is 1.12. The predicted molar refractivity (Wildman–Crippen MR) is 77.7 cm³/mol. The first-order valence-electron chi connectivity index (χ1n) is 7.48. The van der Waals surface area contributed by atoms with Crippen molar-refractivity contribution >= 4 is 5.78 Å². The summed E-state index contributed by atoms with van der Waals surface area (Å²) in [7, 11) is 0. The van der Waals surface area contributed by atoms with Crippen molar-refractivity contribution in [3.63, 3.8) is 0 Å². The third-order valence-electron chi connectivity index (χ3n) is 4.46. The quantitative estimate of drug-likeness (QED) is 0.792. The molecule has 5 heteroatoms. The maximum absolute atomic E-state index is 12.8. The summed E-state index contributed by atoms with van der Waals surface area (Å²) in [6.45, 7) is 10.1. The van der Waals surface area contributed by atoms with Gasteiger partial charge in [0.25, 0.3) is 0 Å². The Hall–Kier alpha value is -1.20. The number of hydrogen-bond acceptors (Lipinski definition) is 4. The predicted octanol–water partition coefficient (Wildman–Crippen LogP) is 1.52. The SMILES string of the molecule is CCn1ccnc1CC(=O)C(C)(CC)N1CCOCC1. The van der Waals surface area contributed by atoms with Crippen LogP contribution in [0.1, 0.15) is 33.0 Å². The highest BCUT2D eigenvalue weighted by atomic mass is 16.5. The van der Waals surface area contributed by atoms with E-state index in [-0.39, 0.29) is 5.78 Å². The van der Waals surface area contributed by atoms with Gasteiger partial charge >= 0.3 is 0 Å². The third-order valence-corrected chi connectivity index (χ3v) is 4.46. The van der Waals surface area contributed by atoms with E-state index in [1.165, 1.54) is 0 Å². The van der Waals surface area contributed by atoms with Crippen molar-refractivity contribution < 1.29 is 9.53 Å². The number of carbonyl (C=O) groups excluding carboxylic acids is 1. The number of hydrogen-bond donors (Lipinski definition) is 0. The summed E-state index contributed by atoms with van der Waals surface area (Å²) in [5, 5.41) is 0. The van der Waals surface area contributed by atoms with Crippen molar-refractivity contribution in [1.82, 2.24) is 14.5 Å². The standard InChI is InChI=1S/C15H25N3O2/c1-4-15(3,18-8-10-20-11-9-18)13(19)12-14-16-6-7-17(14)5-2/h6-7H,4-5,8-12H2,1-3H3. The lowest BCUT2D eigenvalue weighted by atomic mass is 9.88. The Morgan fingerprint density at radius 3 is 2.70 bits per heavy atom. The van der Waals surface area contributed by atoms with E-state index in [1.807, 2.05) is 10.8 Å².